The van der Waals surface area contributed by atoms with Gasteiger partial charge in [0.05, 0.1) is 25.5 Å². The molecule has 156 valence electrons. The van der Waals surface area contributed by atoms with Crippen LogP contribution in [0.5, 0.6) is 5.75 Å². The van der Waals surface area contributed by atoms with Crippen LogP contribution in [0.25, 0.3) is 22.2 Å². The number of methoxy groups -OCH3 is 1. The van der Waals surface area contributed by atoms with Crippen LogP contribution in [0, 0.1) is 0 Å². The molecule has 2 heterocycles. The summed E-state index contributed by atoms with van der Waals surface area (Å²) in [6, 6.07) is 11.7. The van der Waals surface area contributed by atoms with Gasteiger partial charge in [-0.3, -0.25) is 9.59 Å². The van der Waals surface area contributed by atoms with E-state index >= 15 is 0 Å². The molecule has 6 nitrogen and oxygen atoms in total. The molecule has 1 aliphatic rings. The van der Waals surface area contributed by atoms with Gasteiger partial charge in [-0.1, -0.05) is 12.1 Å². The van der Waals surface area contributed by atoms with Gasteiger partial charge in [0.25, 0.3) is 0 Å². The van der Waals surface area contributed by atoms with Crippen molar-refractivity contribution >= 4 is 39.1 Å². The van der Waals surface area contributed by atoms with E-state index in [1.807, 2.05) is 29.6 Å². The Kier molecular flexibility index (Phi) is 5.03. The highest BCUT2D eigenvalue weighted by Gasteiger charge is 2.17. The Balaban J connectivity index is 1.29. The molecular formula is C24H20N2O4S. The first-order chi connectivity index (χ1) is 15.1. The zero-order valence-corrected chi connectivity index (χ0v) is 17.8. The highest BCUT2D eigenvalue weighted by molar-refractivity contribution is 7.14. The van der Waals surface area contributed by atoms with Gasteiger partial charge >= 0.3 is 0 Å². The van der Waals surface area contributed by atoms with E-state index in [4.69, 9.17) is 9.15 Å². The summed E-state index contributed by atoms with van der Waals surface area (Å²) in [5, 5.41) is 6.27. The van der Waals surface area contributed by atoms with E-state index in [2.05, 4.69) is 16.4 Å². The summed E-state index contributed by atoms with van der Waals surface area (Å²) in [7, 11) is 1.60. The number of anilines is 1. The fraction of sp³-hybridized carbons (Fsp3) is 0.208. The molecule has 0 bridgehead atoms. The van der Waals surface area contributed by atoms with E-state index in [-0.39, 0.29) is 12.3 Å². The summed E-state index contributed by atoms with van der Waals surface area (Å²) in [5.74, 6) is 0.855. The van der Waals surface area contributed by atoms with Gasteiger partial charge in [-0.05, 0) is 35.7 Å². The zero-order valence-electron chi connectivity index (χ0n) is 16.9. The van der Waals surface area contributed by atoms with Crippen LogP contribution in [0.1, 0.15) is 23.1 Å². The fourth-order valence-electron chi connectivity index (χ4n) is 3.89. The number of nitrogens with one attached hydrogen (secondary N) is 1. The number of furan rings is 1. The van der Waals surface area contributed by atoms with E-state index in [1.165, 1.54) is 16.9 Å². The molecule has 5 rings (SSSR count). The minimum absolute atomic E-state index is 0.150. The van der Waals surface area contributed by atoms with E-state index < -0.39 is 0 Å². The van der Waals surface area contributed by atoms with Crippen molar-refractivity contribution in [1.82, 2.24) is 4.98 Å². The lowest BCUT2D eigenvalue weighted by Gasteiger charge is -2.15. The van der Waals surface area contributed by atoms with Crippen molar-refractivity contribution in [3.05, 3.63) is 64.7 Å². The molecule has 0 saturated carbocycles. The lowest BCUT2D eigenvalue weighted by molar-refractivity contribution is -0.118. The maximum Gasteiger partial charge on any atom is 0.230 e. The van der Waals surface area contributed by atoms with Gasteiger partial charge in [-0.25, -0.2) is 4.98 Å². The van der Waals surface area contributed by atoms with Crippen molar-refractivity contribution in [2.24, 2.45) is 0 Å². The maximum absolute atomic E-state index is 12.6. The van der Waals surface area contributed by atoms with Gasteiger partial charge < -0.3 is 14.5 Å². The quantitative estimate of drug-likeness (QED) is 0.490. The third kappa shape index (κ3) is 3.96. The topological polar surface area (TPSA) is 81.4 Å². The molecule has 1 amide bonds. The number of carbonyl (C=O) groups is 2. The molecule has 0 aliphatic heterocycles. The third-order valence-electron chi connectivity index (χ3n) is 5.53. The number of hydrogen-bond acceptors (Lipinski definition) is 6. The van der Waals surface area contributed by atoms with Crippen molar-refractivity contribution in [2.75, 3.05) is 12.4 Å². The molecule has 4 aromatic rings. The lowest BCUT2D eigenvalue weighted by Crippen LogP contribution is -2.14. The number of fused-ring (bicyclic) bond motifs is 2. The summed E-state index contributed by atoms with van der Waals surface area (Å²) in [6.07, 6.45) is 3.70. The minimum atomic E-state index is -0.150. The number of thiazole rings is 1. The number of Topliss-reactive ketones (excluding diaryl/α,β-unsaturated/α-hetero) is 1. The zero-order chi connectivity index (χ0) is 21.4. The molecular weight excluding hydrogens is 412 g/mol. The number of nitrogens with zero attached hydrogens (tertiary/aromatic N) is 1. The Morgan fingerprint density at radius 1 is 1.19 bits per heavy atom. The second-order valence-corrected chi connectivity index (χ2v) is 8.44. The van der Waals surface area contributed by atoms with Gasteiger partial charge in [-0.15, -0.1) is 11.3 Å². The van der Waals surface area contributed by atoms with Gasteiger partial charge in [-0.2, -0.15) is 0 Å². The van der Waals surface area contributed by atoms with Gasteiger partial charge in [0.15, 0.2) is 5.13 Å². The first-order valence-electron chi connectivity index (χ1n) is 10.0. The number of carbonyl (C=O) groups excluding carboxylic acids is 2. The van der Waals surface area contributed by atoms with E-state index in [9.17, 15) is 9.59 Å². The van der Waals surface area contributed by atoms with Gasteiger partial charge in [0.1, 0.15) is 17.1 Å². The Morgan fingerprint density at radius 3 is 2.97 bits per heavy atom. The van der Waals surface area contributed by atoms with Crippen molar-refractivity contribution in [3.63, 3.8) is 0 Å². The molecule has 2 aromatic heterocycles. The summed E-state index contributed by atoms with van der Waals surface area (Å²) < 4.78 is 10.8. The number of aryl methyl sites for hydroxylation is 1. The SMILES string of the molecule is COc1ccc2c(CC(=O)Nc3nc(-c4ccc5c(c4)CCC(=O)C5)cs3)coc2c1. The summed E-state index contributed by atoms with van der Waals surface area (Å²) in [4.78, 5) is 28.8. The Labute approximate surface area is 182 Å². The largest absolute Gasteiger partial charge is 0.497 e. The van der Waals surface area contributed by atoms with Crippen LogP contribution in [-0.4, -0.2) is 23.8 Å². The average molecular weight is 433 g/mol. The van der Waals surface area contributed by atoms with Crippen LogP contribution >= 0.6 is 11.3 Å². The van der Waals surface area contributed by atoms with Gasteiger partial charge in [0.2, 0.25) is 5.91 Å². The molecule has 31 heavy (non-hydrogen) atoms. The summed E-state index contributed by atoms with van der Waals surface area (Å²) in [6.45, 7) is 0. The van der Waals surface area contributed by atoms with Gasteiger partial charge in [0, 0.05) is 40.8 Å². The summed E-state index contributed by atoms with van der Waals surface area (Å²) >= 11 is 1.39. The standard InChI is InChI=1S/C24H20N2O4S/c1-29-19-6-7-20-17(12-30-22(20)11-19)10-23(28)26-24-25-21(13-31-24)16-3-2-15-9-18(27)5-4-14(15)8-16/h2-3,6-8,11-13H,4-5,9-10H2,1H3,(H,25,26,28). The molecule has 1 aliphatic carbocycles. The monoisotopic (exact) mass is 432 g/mol. The van der Waals surface area contributed by atoms with E-state index in [1.54, 1.807) is 19.4 Å². The van der Waals surface area contributed by atoms with E-state index in [0.29, 0.717) is 35.1 Å². The molecule has 0 unspecified atom stereocenters. The second kappa shape index (κ2) is 8.00. The fourth-order valence-corrected chi connectivity index (χ4v) is 4.63. The molecule has 2 aromatic carbocycles. The number of hydrogen-bond donors (Lipinski definition) is 1. The first-order valence-corrected chi connectivity index (χ1v) is 10.9. The number of ketones is 1. The third-order valence-corrected chi connectivity index (χ3v) is 6.28. The summed E-state index contributed by atoms with van der Waals surface area (Å²) in [5.41, 5.74) is 5.64. The molecule has 0 fully saturated rings. The molecule has 0 radical (unpaired) electrons. The molecule has 0 atom stereocenters. The Bertz CT molecular complexity index is 1300. The number of aromatic nitrogens is 1. The van der Waals surface area contributed by atoms with Crippen LogP contribution in [0.4, 0.5) is 5.13 Å². The highest BCUT2D eigenvalue weighted by Crippen LogP contribution is 2.30. The van der Waals surface area contributed by atoms with Crippen molar-refractivity contribution in [2.45, 2.75) is 25.7 Å². The average Bonchev–Trinajstić information content (AvgIpc) is 3.40. The number of benzene rings is 2. The first kappa shape index (κ1) is 19.5. The van der Waals surface area contributed by atoms with E-state index in [0.717, 1.165) is 34.2 Å². The van der Waals surface area contributed by atoms with Crippen LogP contribution < -0.4 is 10.1 Å². The second-order valence-electron chi connectivity index (χ2n) is 7.58. The number of rotatable bonds is 5. The number of ether oxygens (including phenoxy) is 1. The predicted octanol–water partition coefficient (Wildman–Crippen LogP) is 4.80. The Morgan fingerprint density at radius 2 is 2.10 bits per heavy atom. The lowest BCUT2D eigenvalue weighted by atomic mass is 9.89. The predicted molar refractivity (Wildman–Crippen MR) is 120 cm³/mol. The van der Waals surface area contributed by atoms with Crippen LogP contribution in [-0.2, 0) is 28.9 Å². The van der Waals surface area contributed by atoms with Crippen LogP contribution in [0.3, 0.4) is 0 Å². The minimum Gasteiger partial charge on any atom is -0.497 e. The normalized spacial score (nSPS) is 13.3. The number of amides is 1. The van der Waals surface area contributed by atoms with Crippen LogP contribution in [0.15, 0.2) is 52.5 Å². The molecule has 1 N–H and O–H groups in total. The van der Waals surface area contributed by atoms with Crippen molar-refractivity contribution in [3.8, 4) is 17.0 Å². The highest BCUT2D eigenvalue weighted by atomic mass is 32.1. The molecule has 7 heteroatoms. The molecule has 0 saturated heterocycles. The van der Waals surface area contributed by atoms with Crippen molar-refractivity contribution < 1.29 is 18.7 Å². The molecule has 0 spiro atoms. The maximum atomic E-state index is 12.6. The Hall–Kier alpha value is -3.45. The smallest absolute Gasteiger partial charge is 0.230 e. The van der Waals surface area contributed by atoms with Crippen LogP contribution in [0.2, 0.25) is 0 Å². The van der Waals surface area contributed by atoms with Crippen molar-refractivity contribution in [1.29, 1.82) is 0 Å².